The Balaban J connectivity index is 1.38. The lowest BCUT2D eigenvalue weighted by Crippen LogP contribution is -2.46. The van der Waals surface area contributed by atoms with E-state index in [0.29, 0.717) is 6.10 Å². The molecular formula is C16H29NO2. The Morgan fingerprint density at radius 3 is 2.37 bits per heavy atom. The molecule has 3 rings (SSSR count). The summed E-state index contributed by atoms with van der Waals surface area (Å²) in [6, 6.07) is 0. The van der Waals surface area contributed by atoms with Crippen molar-refractivity contribution in [1.82, 2.24) is 0 Å². The lowest BCUT2D eigenvalue weighted by atomic mass is 9.83. The molecule has 0 bridgehead atoms. The second kappa shape index (κ2) is 5.71. The van der Waals surface area contributed by atoms with Crippen molar-refractivity contribution in [2.45, 2.75) is 87.9 Å². The molecule has 3 fully saturated rings. The molecule has 1 atom stereocenters. The first-order chi connectivity index (χ1) is 9.20. The number of hydrogen-bond donors (Lipinski definition) is 1. The van der Waals surface area contributed by atoms with Gasteiger partial charge in [-0.1, -0.05) is 32.1 Å². The van der Waals surface area contributed by atoms with E-state index in [9.17, 15) is 0 Å². The third kappa shape index (κ3) is 3.32. The molecule has 0 radical (unpaired) electrons. The van der Waals surface area contributed by atoms with Crippen LogP contribution in [0.4, 0.5) is 0 Å². The summed E-state index contributed by atoms with van der Waals surface area (Å²) in [7, 11) is 0. The topological polar surface area (TPSA) is 44.5 Å². The normalized spacial score (nSPS) is 33.0. The van der Waals surface area contributed by atoms with E-state index in [4.69, 9.17) is 15.2 Å². The Morgan fingerprint density at radius 2 is 1.63 bits per heavy atom. The van der Waals surface area contributed by atoms with Crippen molar-refractivity contribution >= 4 is 0 Å². The molecular weight excluding hydrogens is 238 g/mol. The van der Waals surface area contributed by atoms with E-state index in [0.717, 1.165) is 26.1 Å². The summed E-state index contributed by atoms with van der Waals surface area (Å²) in [5.74, 6) is 0. The molecule has 1 aliphatic heterocycles. The molecule has 0 aromatic carbocycles. The highest BCUT2D eigenvalue weighted by molar-refractivity contribution is 4.93. The summed E-state index contributed by atoms with van der Waals surface area (Å²) < 4.78 is 12.2. The van der Waals surface area contributed by atoms with Crippen LogP contribution in [0.15, 0.2) is 0 Å². The van der Waals surface area contributed by atoms with Gasteiger partial charge in [0.15, 0.2) is 0 Å². The van der Waals surface area contributed by atoms with Gasteiger partial charge < -0.3 is 15.2 Å². The third-order valence-corrected chi connectivity index (χ3v) is 5.40. The molecule has 110 valence electrons. The molecule has 3 nitrogen and oxygen atoms in total. The number of hydrogen-bond acceptors (Lipinski definition) is 3. The van der Waals surface area contributed by atoms with Gasteiger partial charge in [-0.05, 0) is 38.5 Å². The summed E-state index contributed by atoms with van der Waals surface area (Å²) in [6.45, 7) is 1.47. The number of nitrogens with two attached hydrogens (primary N) is 1. The van der Waals surface area contributed by atoms with Crippen molar-refractivity contribution in [3.8, 4) is 0 Å². The van der Waals surface area contributed by atoms with Gasteiger partial charge in [0.2, 0.25) is 0 Å². The monoisotopic (exact) mass is 267 g/mol. The van der Waals surface area contributed by atoms with Crippen LogP contribution in [0.3, 0.4) is 0 Å². The zero-order chi connectivity index (χ0) is 13.2. The fourth-order valence-electron chi connectivity index (χ4n) is 4.19. The smallest absolute Gasteiger partial charge is 0.0817 e. The molecule has 0 amide bonds. The molecule has 1 spiro atoms. The Morgan fingerprint density at radius 1 is 0.947 bits per heavy atom. The van der Waals surface area contributed by atoms with E-state index >= 15 is 0 Å². The molecule has 0 aromatic heterocycles. The van der Waals surface area contributed by atoms with Crippen LogP contribution in [0.1, 0.15) is 70.6 Å². The fourth-order valence-corrected chi connectivity index (χ4v) is 4.19. The quantitative estimate of drug-likeness (QED) is 0.851. The first-order valence-electron chi connectivity index (χ1n) is 8.24. The second-order valence-electron chi connectivity index (χ2n) is 7.11. The van der Waals surface area contributed by atoms with Crippen LogP contribution in [0.2, 0.25) is 0 Å². The van der Waals surface area contributed by atoms with Gasteiger partial charge in [0.25, 0.3) is 0 Å². The molecule has 2 aliphatic carbocycles. The van der Waals surface area contributed by atoms with Gasteiger partial charge in [0, 0.05) is 5.54 Å². The van der Waals surface area contributed by atoms with Crippen molar-refractivity contribution in [2.24, 2.45) is 5.73 Å². The van der Waals surface area contributed by atoms with Crippen LogP contribution in [0.25, 0.3) is 0 Å². The first-order valence-corrected chi connectivity index (χ1v) is 8.24. The molecule has 1 heterocycles. The van der Waals surface area contributed by atoms with E-state index in [1.54, 1.807) is 0 Å². The summed E-state index contributed by atoms with van der Waals surface area (Å²) in [4.78, 5) is 0. The molecule has 3 heteroatoms. The zero-order valence-corrected chi connectivity index (χ0v) is 12.2. The highest BCUT2D eigenvalue weighted by Crippen LogP contribution is 2.43. The maximum Gasteiger partial charge on any atom is 0.0817 e. The van der Waals surface area contributed by atoms with E-state index in [2.05, 4.69) is 0 Å². The third-order valence-electron chi connectivity index (χ3n) is 5.40. The van der Waals surface area contributed by atoms with Crippen molar-refractivity contribution in [3.63, 3.8) is 0 Å². The standard InChI is InChI=1S/C16H29NO2/c17-15(7-2-1-3-8-15)13-18-12-14-6-11-16(19-14)9-4-5-10-16/h14H,1-13,17H2. The molecule has 3 aliphatic rings. The van der Waals surface area contributed by atoms with Gasteiger partial charge in [-0.25, -0.2) is 0 Å². The predicted octanol–water partition coefficient (Wildman–Crippen LogP) is 3.16. The number of ether oxygens (including phenoxy) is 2. The van der Waals surface area contributed by atoms with Crippen LogP contribution >= 0.6 is 0 Å². The minimum atomic E-state index is -0.0537. The van der Waals surface area contributed by atoms with E-state index in [1.165, 1.54) is 57.8 Å². The Labute approximate surface area is 117 Å². The van der Waals surface area contributed by atoms with Gasteiger partial charge in [-0.15, -0.1) is 0 Å². The summed E-state index contributed by atoms with van der Waals surface area (Å²) in [5, 5.41) is 0. The number of rotatable bonds is 4. The highest BCUT2D eigenvalue weighted by Gasteiger charge is 2.42. The molecule has 0 aromatic rings. The largest absolute Gasteiger partial charge is 0.377 e. The molecule has 2 N–H and O–H groups in total. The maximum absolute atomic E-state index is 6.39. The van der Waals surface area contributed by atoms with Crippen molar-refractivity contribution in [3.05, 3.63) is 0 Å². The van der Waals surface area contributed by atoms with Crippen molar-refractivity contribution in [2.75, 3.05) is 13.2 Å². The second-order valence-corrected chi connectivity index (χ2v) is 7.11. The van der Waals surface area contributed by atoms with Crippen LogP contribution in [0.5, 0.6) is 0 Å². The zero-order valence-electron chi connectivity index (χ0n) is 12.2. The van der Waals surface area contributed by atoms with E-state index in [-0.39, 0.29) is 11.1 Å². The van der Waals surface area contributed by atoms with E-state index in [1.807, 2.05) is 0 Å². The minimum Gasteiger partial charge on any atom is -0.377 e. The lowest BCUT2D eigenvalue weighted by molar-refractivity contribution is -0.0743. The minimum absolute atomic E-state index is 0.0537. The maximum atomic E-state index is 6.39. The lowest BCUT2D eigenvalue weighted by Gasteiger charge is -2.33. The van der Waals surface area contributed by atoms with Gasteiger partial charge >= 0.3 is 0 Å². The van der Waals surface area contributed by atoms with Gasteiger partial charge in [-0.3, -0.25) is 0 Å². The average Bonchev–Trinajstić information content (AvgIpc) is 3.01. The van der Waals surface area contributed by atoms with Crippen molar-refractivity contribution < 1.29 is 9.47 Å². The summed E-state index contributed by atoms with van der Waals surface area (Å²) in [6.07, 6.45) is 14.1. The Kier molecular flexibility index (Phi) is 4.16. The van der Waals surface area contributed by atoms with Crippen molar-refractivity contribution in [1.29, 1.82) is 0 Å². The van der Waals surface area contributed by atoms with E-state index < -0.39 is 0 Å². The van der Waals surface area contributed by atoms with Gasteiger partial charge in [0.1, 0.15) is 0 Å². The molecule has 1 saturated heterocycles. The molecule has 19 heavy (non-hydrogen) atoms. The molecule has 1 unspecified atom stereocenters. The van der Waals surface area contributed by atoms with Gasteiger partial charge in [0.05, 0.1) is 24.9 Å². The highest BCUT2D eigenvalue weighted by atomic mass is 16.6. The summed E-state index contributed by atoms with van der Waals surface area (Å²) in [5.41, 5.74) is 6.58. The van der Waals surface area contributed by atoms with Crippen LogP contribution in [-0.4, -0.2) is 30.5 Å². The predicted molar refractivity (Wildman–Crippen MR) is 76.1 cm³/mol. The van der Waals surface area contributed by atoms with Crippen LogP contribution in [0, 0.1) is 0 Å². The Bertz CT molecular complexity index is 293. The van der Waals surface area contributed by atoms with Gasteiger partial charge in [-0.2, -0.15) is 0 Å². The average molecular weight is 267 g/mol. The fraction of sp³-hybridized carbons (Fsp3) is 1.00. The van der Waals surface area contributed by atoms with Crippen LogP contribution in [-0.2, 0) is 9.47 Å². The van der Waals surface area contributed by atoms with Crippen LogP contribution < -0.4 is 5.73 Å². The SMILES string of the molecule is NC1(COCC2CCC3(CCCC3)O2)CCCCC1. The Hall–Kier alpha value is -0.120. The summed E-state index contributed by atoms with van der Waals surface area (Å²) >= 11 is 0. The molecule has 2 saturated carbocycles. The first kappa shape index (κ1) is 13.8.